The summed E-state index contributed by atoms with van der Waals surface area (Å²) in [6.07, 6.45) is 0.885. The van der Waals surface area contributed by atoms with Crippen molar-refractivity contribution >= 4 is 10.8 Å². The van der Waals surface area contributed by atoms with E-state index in [0.29, 0.717) is 13.2 Å². The second-order valence-electron chi connectivity index (χ2n) is 7.22. The predicted octanol–water partition coefficient (Wildman–Crippen LogP) is 5.78. The third kappa shape index (κ3) is 4.08. The summed E-state index contributed by atoms with van der Waals surface area (Å²) in [6, 6.07) is 29.7. The molecular formula is C26H25NO. The Kier molecular flexibility index (Phi) is 5.41. The summed E-state index contributed by atoms with van der Waals surface area (Å²) in [4.78, 5) is 0. The van der Waals surface area contributed by atoms with E-state index in [2.05, 4.69) is 73.7 Å². The van der Waals surface area contributed by atoms with Crippen LogP contribution in [0.2, 0.25) is 0 Å². The molecule has 2 N–H and O–H groups in total. The number of nitrogens with two attached hydrogens (primary N) is 1. The number of benzene rings is 4. The molecule has 0 spiro atoms. The van der Waals surface area contributed by atoms with Crippen LogP contribution in [-0.2, 0) is 19.6 Å². The molecule has 0 unspecified atom stereocenters. The van der Waals surface area contributed by atoms with E-state index in [1.165, 1.54) is 27.5 Å². The Hall–Kier alpha value is -3.10. The fraction of sp³-hybridized carbons (Fsp3) is 0.154. The van der Waals surface area contributed by atoms with Crippen molar-refractivity contribution in [2.45, 2.75) is 26.5 Å². The summed E-state index contributed by atoms with van der Waals surface area (Å²) < 4.78 is 5.99. The van der Waals surface area contributed by atoms with Crippen LogP contribution in [0.4, 0.5) is 0 Å². The molecule has 4 aromatic rings. The number of rotatable bonds is 6. The van der Waals surface area contributed by atoms with Crippen LogP contribution in [0.1, 0.15) is 27.8 Å². The molecular weight excluding hydrogens is 342 g/mol. The molecule has 4 aromatic carbocycles. The van der Waals surface area contributed by atoms with Gasteiger partial charge in [0.25, 0.3) is 0 Å². The molecule has 2 heteroatoms. The summed E-state index contributed by atoms with van der Waals surface area (Å²) in [6.45, 7) is 3.14. The summed E-state index contributed by atoms with van der Waals surface area (Å²) in [7, 11) is 0. The lowest BCUT2D eigenvalue weighted by atomic mass is 9.96. The zero-order chi connectivity index (χ0) is 19.3. The highest BCUT2D eigenvalue weighted by Gasteiger charge is 2.06. The van der Waals surface area contributed by atoms with Gasteiger partial charge in [-0.15, -0.1) is 0 Å². The molecule has 0 aliphatic carbocycles. The fourth-order valence-electron chi connectivity index (χ4n) is 3.58. The number of para-hydroxylation sites is 1. The standard InChI is InChI=1S/C26H25NO/c1-19-6-2-5-9-26(19)28-18-21-11-13-24(25(16-21)17-27)15-20-10-12-22-7-3-4-8-23(22)14-20/h2-14,16H,15,17-18,27H2,1H3. The molecule has 140 valence electrons. The molecule has 0 aromatic heterocycles. The van der Waals surface area contributed by atoms with Gasteiger partial charge in [0.05, 0.1) is 0 Å². The number of hydrogen-bond acceptors (Lipinski definition) is 2. The molecule has 28 heavy (non-hydrogen) atoms. The highest BCUT2D eigenvalue weighted by molar-refractivity contribution is 5.83. The van der Waals surface area contributed by atoms with Crippen LogP contribution in [-0.4, -0.2) is 0 Å². The molecule has 0 aliphatic rings. The van der Waals surface area contributed by atoms with Crippen LogP contribution in [0.25, 0.3) is 10.8 Å². The van der Waals surface area contributed by atoms with Crippen molar-refractivity contribution in [3.8, 4) is 5.75 Å². The quantitative estimate of drug-likeness (QED) is 0.469. The molecule has 0 bridgehead atoms. The van der Waals surface area contributed by atoms with Gasteiger partial charge in [-0.3, -0.25) is 0 Å². The molecule has 0 amide bonds. The Morgan fingerprint density at radius 3 is 2.29 bits per heavy atom. The van der Waals surface area contributed by atoms with E-state index < -0.39 is 0 Å². The fourth-order valence-corrected chi connectivity index (χ4v) is 3.58. The van der Waals surface area contributed by atoms with Gasteiger partial charge >= 0.3 is 0 Å². The Morgan fingerprint density at radius 1 is 0.714 bits per heavy atom. The van der Waals surface area contributed by atoms with Crippen LogP contribution in [0.3, 0.4) is 0 Å². The van der Waals surface area contributed by atoms with Gasteiger partial charge in [-0.1, -0.05) is 78.9 Å². The SMILES string of the molecule is Cc1ccccc1OCc1ccc(Cc2ccc3ccccc3c2)c(CN)c1. The van der Waals surface area contributed by atoms with Crippen molar-refractivity contribution in [1.82, 2.24) is 0 Å². The first-order valence-corrected chi connectivity index (χ1v) is 9.70. The maximum absolute atomic E-state index is 6.05. The molecule has 0 radical (unpaired) electrons. The third-order valence-electron chi connectivity index (χ3n) is 5.19. The highest BCUT2D eigenvalue weighted by atomic mass is 16.5. The van der Waals surface area contributed by atoms with E-state index in [9.17, 15) is 0 Å². The number of fused-ring (bicyclic) bond motifs is 1. The van der Waals surface area contributed by atoms with Crippen molar-refractivity contribution in [2.24, 2.45) is 5.73 Å². The monoisotopic (exact) mass is 367 g/mol. The molecule has 0 heterocycles. The van der Waals surface area contributed by atoms with Crippen LogP contribution in [0.15, 0.2) is 84.9 Å². The maximum Gasteiger partial charge on any atom is 0.122 e. The average molecular weight is 367 g/mol. The molecule has 0 saturated heterocycles. The summed E-state index contributed by atoms with van der Waals surface area (Å²) in [5.74, 6) is 0.928. The zero-order valence-corrected chi connectivity index (χ0v) is 16.2. The Bertz CT molecular complexity index is 1100. The maximum atomic E-state index is 6.05. The lowest BCUT2D eigenvalue weighted by Crippen LogP contribution is -2.05. The normalized spacial score (nSPS) is 10.9. The average Bonchev–Trinajstić information content (AvgIpc) is 2.74. The molecule has 0 fully saturated rings. The second kappa shape index (κ2) is 8.28. The van der Waals surface area contributed by atoms with Gasteiger partial charge < -0.3 is 10.5 Å². The van der Waals surface area contributed by atoms with Crippen LogP contribution in [0, 0.1) is 6.92 Å². The van der Waals surface area contributed by atoms with Gasteiger partial charge in [0.1, 0.15) is 12.4 Å². The van der Waals surface area contributed by atoms with Gasteiger partial charge in [0.2, 0.25) is 0 Å². The highest BCUT2D eigenvalue weighted by Crippen LogP contribution is 2.22. The van der Waals surface area contributed by atoms with Gasteiger partial charge in [-0.2, -0.15) is 0 Å². The third-order valence-corrected chi connectivity index (χ3v) is 5.19. The summed E-state index contributed by atoms with van der Waals surface area (Å²) >= 11 is 0. The zero-order valence-electron chi connectivity index (χ0n) is 16.2. The topological polar surface area (TPSA) is 35.2 Å². The first kappa shape index (κ1) is 18.3. The van der Waals surface area contributed by atoms with E-state index in [0.717, 1.165) is 23.3 Å². The van der Waals surface area contributed by atoms with Crippen molar-refractivity contribution in [1.29, 1.82) is 0 Å². The van der Waals surface area contributed by atoms with Gasteiger partial charge in [-0.25, -0.2) is 0 Å². The van der Waals surface area contributed by atoms with E-state index >= 15 is 0 Å². The first-order valence-electron chi connectivity index (χ1n) is 9.70. The minimum atomic E-state index is 0.529. The van der Waals surface area contributed by atoms with Gasteiger partial charge in [-0.05, 0) is 58.0 Å². The van der Waals surface area contributed by atoms with Crippen LogP contribution >= 0.6 is 0 Å². The number of hydrogen-bond donors (Lipinski definition) is 1. The number of aryl methyl sites for hydroxylation is 1. The van der Waals surface area contributed by atoms with Crippen LogP contribution < -0.4 is 10.5 Å². The van der Waals surface area contributed by atoms with Crippen LogP contribution in [0.5, 0.6) is 5.75 Å². The molecule has 0 atom stereocenters. The molecule has 2 nitrogen and oxygen atoms in total. The van der Waals surface area contributed by atoms with E-state index in [4.69, 9.17) is 10.5 Å². The Labute approximate surface area is 166 Å². The van der Waals surface area contributed by atoms with Crippen molar-refractivity contribution in [2.75, 3.05) is 0 Å². The van der Waals surface area contributed by atoms with E-state index in [1.807, 2.05) is 18.2 Å². The van der Waals surface area contributed by atoms with Gasteiger partial charge in [0, 0.05) is 6.54 Å². The second-order valence-corrected chi connectivity index (χ2v) is 7.22. The predicted molar refractivity (Wildman–Crippen MR) is 117 cm³/mol. The summed E-state index contributed by atoms with van der Waals surface area (Å²) in [5, 5.41) is 2.55. The Balaban J connectivity index is 1.52. The minimum absolute atomic E-state index is 0.529. The van der Waals surface area contributed by atoms with Crippen molar-refractivity contribution < 1.29 is 4.74 Å². The first-order chi connectivity index (χ1) is 13.7. The minimum Gasteiger partial charge on any atom is -0.489 e. The smallest absolute Gasteiger partial charge is 0.122 e. The molecule has 0 aliphatic heterocycles. The van der Waals surface area contributed by atoms with Gasteiger partial charge in [0.15, 0.2) is 0 Å². The van der Waals surface area contributed by atoms with E-state index in [-0.39, 0.29) is 0 Å². The molecule has 0 saturated carbocycles. The Morgan fingerprint density at radius 2 is 1.46 bits per heavy atom. The molecule has 4 rings (SSSR count). The summed E-state index contributed by atoms with van der Waals surface area (Å²) in [5.41, 5.74) is 12.1. The lowest BCUT2D eigenvalue weighted by molar-refractivity contribution is 0.304. The lowest BCUT2D eigenvalue weighted by Gasteiger charge is -2.13. The number of ether oxygens (including phenoxy) is 1. The van der Waals surface area contributed by atoms with Crippen molar-refractivity contribution in [3.05, 3.63) is 113 Å². The van der Waals surface area contributed by atoms with E-state index in [1.54, 1.807) is 0 Å². The van der Waals surface area contributed by atoms with Crippen molar-refractivity contribution in [3.63, 3.8) is 0 Å². The largest absolute Gasteiger partial charge is 0.489 e.